The largest absolute Gasteiger partial charge is 0.458 e. The van der Waals surface area contributed by atoms with Crippen LogP contribution < -0.4 is 4.74 Å². The zero-order chi connectivity index (χ0) is 32.5. The molecule has 0 saturated heterocycles. The van der Waals surface area contributed by atoms with Gasteiger partial charge in [-0.1, -0.05) is 44.9 Å². The van der Waals surface area contributed by atoms with Gasteiger partial charge in [-0.15, -0.1) is 0 Å². The molecule has 45 heavy (non-hydrogen) atoms. The summed E-state index contributed by atoms with van der Waals surface area (Å²) in [6, 6.07) is 4.97. The van der Waals surface area contributed by atoms with Gasteiger partial charge in [0.2, 0.25) is 0 Å². The van der Waals surface area contributed by atoms with Crippen molar-refractivity contribution < 1.29 is 44.3 Å². The second-order valence-corrected chi connectivity index (χ2v) is 12.4. The van der Waals surface area contributed by atoms with E-state index in [9.17, 15) is 22.0 Å². The molecule has 10 heteroatoms. The van der Waals surface area contributed by atoms with Crippen molar-refractivity contribution in [2.75, 3.05) is 0 Å². The Morgan fingerprint density at radius 3 is 2.18 bits per heavy atom. The monoisotopic (exact) mass is 640 g/mol. The van der Waals surface area contributed by atoms with Crippen molar-refractivity contribution in [1.82, 2.24) is 0 Å². The highest BCUT2D eigenvalue weighted by molar-refractivity contribution is 5.86. The van der Waals surface area contributed by atoms with E-state index in [0.717, 1.165) is 74.3 Å². The normalized spacial score (nSPS) is 22.1. The highest BCUT2D eigenvalue weighted by Gasteiger charge is 2.42. The summed E-state index contributed by atoms with van der Waals surface area (Å²) in [4.78, 5) is 0. The Hall–Kier alpha value is -3.35. The molecule has 242 valence electrons. The molecule has 2 aliphatic carbocycles. The molecule has 5 rings (SSSR count). The smallest absolute Gasteiger partial charge is 0.429 e. The summed E-state index contributed by atoms with van der Waals surface area (Å²) in [5.74, 6) is -2.73. The van der Waals surface area contributed by atoms with Crippen LogP contribution in [0.5, 0.6) is 5.75 Å². The average Bonchev–Trinajstić information content (AvgIpc) is 2.95. The Kier molecular flexibility index (Phi) is 9.67. The minimum absolute atomic E-state index is 0.147. The summed E-state index contributed by atoms with van der Waals surface area (Å²) in [6.07, 6.45) is 1.21. The molecule has 0 heterocycles. The fourth-order valence-corrected chi connectivity index (χ4v) is 7.16. The number of ether oxygens (including phenoxy) is 1. The standard InChI is InChI=1S/C35H33F9O/c1-2-3-4-5-20-6-7-22-15-23(9-8-21(22)14-20)24-17-30(37)32(31(38)18-24)35(43,44)45-26-10-11-27-25(16-26)19-29(36)28(33(27)39)12-13-34(40,41)42/h10-11,16-23H,2-9,14-15H2,1H3. The Morgan fingerprint density at radius 2 is 1.49 bits per heavy atom. The molecule has 0 aliphatic heterocycles. The molecule has 0 aromatic heterocycles. The van der Waals surface area contributed by atoms with E-state index in [0.29, 0.717) is 23.5 Å². The van der Waals surface area contributed by atoms with Crippen LogP contribution in [-0.2, 0) is 6.11 Å². The molecule has 4 unspecified atom stereocenters. The maximum absolute atomic E-state index is 15.2. The second-order valence-electron chi connectivity index (χ2n) is 12.4. The quantitative estimate of drug-likeness (QED) is 0.135. The Labute approximate surface area is 256 Å². The number of benzene rings is 3. The van der Waals surface area contributed by atoms with Gasteiger partial charge in [0.25, 0.3) is 0 Å². The van der Waals surface area contributed by atoms with Gasteiger partial charge in [-0.05, 0) is 103 Å². The highest BCUT2D eigenvalue weighted by atomic mass is 19.4. The summed E-state index contributed by atoms with van der Waals surface area (Å²) < 4.78 is 132. The van der Waals surface area contributed by atoms with Crippen LogP contribution in [0.1, 0.15) is 93.7 Å². The van der Waals surface area contributed by atoms with Crippen LogP contribution in [-0.4, -0.2) is 6.18 Å². The van der Waals surface area contributed by atoms with Gasteiger partial charge < -0.3 is 4.74 Å². The number of alkyl halides is 5. The highest BCUT2D eigenvalue weighted by Crippen LogP contribution is 2.49. The Morgan fingerprint density at radius 1 is 0.800 bits per heavy atom. The summed E-state index contributed by atoms with van der Waals surface area (Å²) in [6.45, 7) is 2.19. The van der Waals surface area contributed by atoms with Crippen molar-refractivity contribution in [3.05, 3.63) is 76.4 Å². The molecule has 1 nitrogen and oxygen atoms in total. The van der Waals surface area contributed by atoms with Crippen molar-refractivity contribution in [3.63, 3.8) is 0 Å². The molecule has 2 saturated carbocycles. The van der Waals surface area contributed by atoms with Crippen molar-refractivity contribution in [2.24, 2.45) is 17.8 Å². The molecule has 0 amide bonds. The van der Waals surface area contributed by atoms with Crippen molar-refractivity contribution in [2.45, 2.75) is 89.3 Å². The number of unbranched alkanes of at least 4 members (excludes halogenated alkanes) is 2. The third-order valence-electron chi connectivity index (χ3n) is 9.34. The maximum Gasteiger partial charge on any atom is 0.458 e. The lowest BCUT2D eigenvalue weighted by molar-refractivity contribution is -0.189. The Bertz CT molecular complexity index is 1580. The lowest BCUT2D eigenvalue weighted by Gasteiger charge is -2.42. The number of fused-ring (bicyclic) bond motifs is 2. The first kappa shape index (κ1) is 33.0. The van der Waals surface area contributed by atoms with Gasteiger partial charge >= 0.3 is 12.3 Å². The zero-order valence-corrected chi connectivity index (χ0v) is 24.7. The maximum atomic E-state index is 15.2. The minimum Gasteiger partial charge on any atom is -0.429 e. The van der Waals surface area contributed by atoms with E-state index in [-0.39, 0.29) is 11.3 Å². The summed E-state index contributed by atoms with van der Waals surface area (Å²) in [5.41, 5.74) is -2.41. The molecular formula is C35H33F9O. The van der Waals surface area contributed by atoms with Gasteiger partial charge in [0.1, 0.15) is 34.6 Å². The first-order valence-electron chi connectivity index (χ1n) is 15.3. The first-order valence-corrected chi connectivity index (χ1v) is 15.3. The van der Waals surface area contributed by atoms with E-state index in [2.05, 4.69) is 11.7 Å². The van der Waals surface area contributed by atoms with E-state index in [1.807, 2.05) is 0 Å². The Balaban J connectivity index is 1.31. The van der Waals surface area contributed by atoms with E-state index in [4.69, 9.17) is 0 Å². The third kappa shape index (κ3) is 7.56. The molecule has 3 aromatic rings. The van der Waals surface area contributed by atoms with Gasteiger partial charge in [0.15, 0.2) is 0 Å². The van der Waals surface area contributed by atoms with Crippen molar-refractivity contribution in [1.29, 1.82) is 0 Å². The van der Waals surface area contributed by atoms with Gasteiger partial charge in [-0.2, -0.15) is 22.0 Å². The average molecular weight is 641 g/mol. The van der Waals surface area contributed by atoms with E-state index in [1.165, 1.54) is 38.0 Å². The predicted molar refractivity (Wildman–Crippen MR) is 153 cm³/mol. The lowest BCUT2D eigenvalue weighted by Crippen LogP contribution is -2.31. The van der Waals surface area contributed by atoms with Crippen LogP contribution in [0.4, 0.5) is 39.5 Å². The summed E-state index contributed by atoms with van der Waals surface area (Å²) in [7, 11) is 0. The summed E-state index contributed by atoms with van der Waals surface area (Å²) >= 11 is 0. The fraction of sp³-hybridized carbons (Fsp3) is 0.486. The number of hydrogen-bond donors (Lipinski definition) is 0. The molecule has 0 bridgehead atoms. The SMILES string of the molecule is CCCCCC1CCC2CC(c3cc(F)c(C(F)(F)Oc4ccc5c(F)c(C#CC(F)(F)F)c(F)cc5c4)c(F)c3)CCC2C1. The molecule has 3 aromatic carbocycles. The lowest BCUT2D eigenvalue weighted by atomic mass is 9.63. The van der Waals surface area contributed by atoms with Crippen molar-refractivity contribution in [3.8, 4) is 17.6 Å². The van der Waals surface area contributed by atoms with Crippen molar-refractivity contribution >= 4 is 10.8 Å². The zero-order valence-electron chi connectivity index (χ0n) is 24.7. The minimum atomic E-state index is -4.99. The molecule has 2 aliphatic rings. The fourth-order valence-electron chi connectivity index (χ4n) is 7.16. The van der Waals surface area contributed by atoms with E-state index in [1.54, 1.807) is 0 Å². The van der Waals surface area contributed by atoms with Gasteiger partial charge in [-0.3, -0.25) is 0 Å². The molecular weight excluding hydrogens is 607 g/mol. The number of halogens is 9. The first-order chi connectivity index (χ1) is 21.3. The third-order valence-corrected chi connectivity index (χ3v) is 9.34. The number of hydrogen-bond acceptors (Lipinski definition) is 1. The topological polar surface area (TPSA) is 9.23 Å². The van der Waals surface area contributed by atoms with E-state index >= 15 is 17.6 Å². The van der Waals surface area contributed by atoms with Gasteiger partial charge in [0.05, 0.1) is 5.56 Å². The van der Waals surface area contributed by atoms with Crippen LogP contribution in [0.15, 0.2) is 36.4 Å². The van der Waals surface area contributed by atoms with Crippen LogP contribution in [0.25, 0.3) is 10.8 Å². The van der Waals surface area contributed by atoms with E-state index < -0.39 is 57.8 Å². The molecule has 0 spiro atoms. The predicted octanol–water partition coefficient (Wildman–Crippen LogP) is 11.3. The molecule has 4 atom stereocenters. The molecule has 0 radical (unpaired) electrons. The second kappa shape index (κ2) is 13.2. The molecule has 2 fully saturated rings. The van der Waals surface area contributed by atoms with Crippen LogP contribution >= 0.6 is 0 Å². The van der Waals surface area contributed by atoms with Gasteiger partial charge in [-0.25, -0.2) is 17.6 Å². The molecule has 0 N–H and O–H groups in total. The number of rotatable bonds is 8. The van der Waals surface area contributed by atoms with Crippen LogP contribution in [0.2, 0.25) is 0 Å². The van der Waals surface area contributed by atoms with Crippen LogP contribution in [0, 0.1) is 52.9 Å². The van der Waals surface area contributed by atoms with Gasteiger partial charge in [0, 0.05) is 11.3 Å². The van der Waals surface area contributed by atoms with Crippen LogP contribution in [0.3, 0.4) is 0 Å². The summed E-state index contributed by atoms with van der Waals surface area (Å²) in [5, 5.41) is -0.752.